The number of nitrogens with zero attached hydrogens (tertiary/aromatic N) is 2. The van der Waals surface area contributed by atoms with Crippen LogP contribution >= 0.6 is 0 Å². The highest BCUT2D eigenvalue weighted by atomic mass is 16.3. The minimum atomic E-state index is -0.170. The van der Waals surface area contributed by atoms with Crippen molar-refractivity contribution in [2.75, 3.05) is 4.90 Å². The molecular weight excluding hydrogens is 344 g/mol. The van der Waals surface area contributed by atoms with Gasteiger partial charge in [-0.25, -0.2) is 4.99 Å². The molecule has 28 heavy (non-hydrogen) atoms. The molecule has 1 aliphatic heterocycles. The van der Waals surface area contributed by atoms with Crippen LogP contribution < -0.4 is 4.90 Å². The van der Waals surface area contributed by atoms with Crippen molar-refractivity contribution in [2.24, 2.45) is 4.99 Å². The molecule has 0 fully saturated rings. The van der Waals surface area contributed by atoms with Gasteiger partial charge in [-0.2, -0.15) is 0 Å². The first-order chi connectivity index (χ1) is 13.1. The van der Waals surface area contributed by atoms with Gasteiger partial charge in [-0.05, 0) is 40.5 Å². The van der Waals surface area contributed by atoms with E-state index in [1.54, 1.807) is 0 Å². The van der Waals surface area contributed by atoms with Gasteiger partial charge in [0, 0.05) is 22.2 Å². The summed E-state index contributed by atoms with van der Waals surface area (Å²) >= 11 is 0. The van der Waals surface area contributed by atoms with E-state index in [1.165, 1.54) is 5.39 Å². The number of hydrogen-bond donors (Lipinski definition) is 1. The predicted molar refractivity (Wildman–Crippen MR) is 120 cm³/mol. The van der Waals surface area contributed by atoms with Gasteiger partial charge < -0.3 is 10.0 Å². The summed E-state index contributed by atoms with van der Waals surface area (Å²) in [6.07, 6.45) is 1.89. The monoisotopic (exact) mass is 372 g/mol. The molecule has 1 N–H and O–H groups in total. The third-order valence-corrected chi connectivity index (χ3v) is 5.42. The molecule has 3 nitrogen and oxygen atoms in total. The lowest BCUT2D eigenvalue weighted by atomic mass is 9.79. The Morgan fingerprint density at radius 1 is 0.821 bits per heavy atom. The molecule has 1 aliphatic rings. The van der Waals surface area contributed by atoms with E-state index in [2.05, 4.69) is 88.9 Å². The first-order valence-corrected chi connectivity index (χ1v) is 9.80. The van der Waals surface area contributed by atoms with E-state index in [9.17, 15) is 5.11 Å². The smallest absolute Gasteiger partial charge is 0.123 e. The van der Waals surface area contributed by atoms with Crippen LogP contribution in [0.1, 0.15) is 52.7 Å². The molecule has 0 spiro atoms. The van der Waals surface area contributed by atoms with Crippen LogP contribution in [0.2, 0.25) is 0 Å². The average molecular weight is 373 g/mol. The lowest BCUT2D eigenvalue weighted by Gasteiger charge is -2.32. The fourth-order valence-corrected chi connectivity index (χ4v) is 3.90. The molecule has 3 aromatic carbocycles. The zero-order valence-electron chi connectivity index (χ0n) is 17.5. The number of hydrogen-bond acceptors (Lipinski definition) is 3. The van der Waals surface area contributed by atoms with Gasteiger partial charge in [0.1, 0.15) is 12.1 Å². The number of phenols is 1. The van der Waals surface area contributed by atoms with Gasteiger partial charge in [0.05, 0.1) is 11.4 Å². The molecular formula is C25H28N2O. The third-order valence-electron chi connectivity index (χ3n) is 5.42. The van der Waals surface area contributed by atoms with E-state index in [1.807, 2.05) is 12.4 Å². The molecule has 144 valence electrons. The molecule has 0 unspecified atom stereocenters. The first-order valence-electron chi connectivity index (χ1n) is 9.80. The molecule has 0 amide bonds. The molecule has 0 saturated carbocycles. The topological polar surface area (TPSA) is 35.8 Å². The lowest BCUT2D eigenvalue weighted by Crippen LogP contribution is -2.22. The Labute approximate surface area is 167 Å². The molecule has 0 radical (unpaired) electrons. The van der Waals surface area contributed by atoms with Crippen LogP contribution in [0.15, 0.2) is 53.5 Å². The standard InChI is InChI=1S/C25H28N2O/c1-24(2,3)18-13-17(14-19(23(18)28)25(4,5)6)27-15-26-20-11-7-9-16-10-8-12-21(27)22(16)20/h7-15,28H,1-6H3. The van der Waals surface area contributed by atoms with E-state index in [4.69, 9.17) is 4.99 Å². The van der Waals surface area contributed by atoms with Crippen molar-refractivity contribution < 1.29 is 5.11 Å². The van der Waals surface area contributed by atoms with E-state index < -0.39 is 0 Å². The van der Waals surface area contributed by atoms with E-state index in [0.29, 0.717) is 5.75 Å². The van der Waals surface area contributed by atoms with Crippen molar-refractivity contribution in [2.45, 2.75) is 52.4 Å². The second-order valence-electron chi connectivity index (χ2n) is 9.66. The van der Waals surface area contributed by atoms with E-state index >= 15 is 0 Å². The van der Waals surface area contributed by atoms with Crippen molar-refractivity contribution in [3.63, 3.8) is 0 Å². The van der Waals surface area contributed by atoms with Crippen LogP contribution in [-0.2, 0) is 10.8 Å². The van der Waals surface area contributed by atoms with Crippen molar-refractivity contribution in [1.82, 2.24) is 0 Å². The summed E-state index contributed by atoms with van der Waals surface area (Å²) in [5.41, 5.74) is 4.71. The van der Waals surface area contributed by atoms with Gasteiger partial charge in [0.25, 0.3) is 0 Å². The Balaban J connectivity index is 1.98. The Kier molecular flexibility index (Phi) is 4.04. The van der Waals surface area contributed by atoms with Crippen LogP contribution in [0.25, 0.3) is 10.8 Å². The van der Waals surface area contributed by atoms with Gasteiger partial charge in [-0.3, -0.25) is 0 Å². The quantitative estimate of drug-likeness (QED) is 0.501. The predicted octanol–water partition coefficient (Wildman–Crippen LogP) is 6.95. The van der Waals surface area contributed by atoms with Gasteiger partial charge in [-0.1, -0.05) is 65.8 Å². The number of rotatable bonds is 1. The molecule has 1 heterocycles. The van der Waals surface area contributed by atoms with Crippen LogP contribution in [0.5, 0.6) is 5.75 Å². The molecule has 0 bridgehead atoms. The maximum atomic E-state index is 11.0. The fraction of sp³-hybridized carbons (Fsp3) is 0.320. The molecule has 0 atom stereocenters. The summed E-state index contributed by atoms with van der Waals surface area (Å²) in [7, 11) is 0. The van der Waals surface area contributed by atoms with Crippen LogP contribution in [0, 0.1) is 0 Å². The largest absolute Gasteiger partial charge is 0.507 e. The highest BCUT2D eigenvalue weighted by molar-refractivity contribution is 6.12. The SMILES string of the molecule is CC(C)(C)c1cc(N2C=Nc3cccc4cccc2c34)cc(C(C)(C)C)c1O. The Hall–Kier alpha value is -2.81. The zero-order valence-corrected chi connectivity index (χ0v) is 17.5. The highest BCUT2D eigenvalue weighted by Gasteiger charge is 2.28. The average Bonchev–Trinajstić information content (AvgIpc) is 2.61. The van der Waals surface area contributed by atoms with Crippen LogP contribution in [0.4, 0.5) is 17.1 Å². The minimum absolute atomic E-state index is 0.170. The Bertz CT molecular complexity index is 1060. The van der Waals surface area contributed by atoms with Crippen molar-refractivity contribution in [3.05, 3.63) is 59.7 Å². The van der Waals surface area contributed by atoms with E-state index in [0.717, 1.165) is 33.6 Å². The summed E-state index contributed by atoms with van der Waals surface area (Å²) in [5.74, 6) is 0.399. The Morgan fingerprint density at radius 3 is 1.96 bits per heavy atom. The summed E-state index contributed by atoms with van der Waals surface area (Å²) < 4.78 is 0. The minimum Gasteiger partial charge on any atom is -0.507 e. The maximum Gasteiger partial charge on any atom is 0.123 e. The second kappa shape index (κ2) is 6.10. The lowest BCUT2D eigenvalue weighted by molar-refractivity contribution is 0.423. The van der Waals surface area contributed by atoms with Crippen molar-refractivity contribution in [1.29, 1.82) is 0 Å². The second-order valence-corrected chi connectivity index (χ2v) is 9.66. The maximum absolute atomic E-state index is 11.0. The fourth-order valence-electron chi connectivity index (χ4n) is 3.90. The summed E-state index contributed by atoms with van der Waals surface area (Å²) in [6, 6.07) is 16.8. The summed E-state index contributed by atoms with van der Waals surface area (Å²) in [5, 5.41) is 13.4. The van der Waals surface area contributed by atoms with Gasteiger partial charge in [0.15, 0.2) is 0 Å². The van der Waals surface area contributed by atoms with Gasteiger partial charge >= 0.3 is 0 Å². The third kappa shape index (κ3) is 2.95. The molecule has 3 heteroatoms. The summed E-state index contributed by atoms with van der Waals surface area (Å²) in [6.45, 7) is 12.8. The van der Waals surface area contributed by atoms with Gasteiger partial charge in [-0.15, -0.1) is 0 Å². The van der Waals surface area contributed by atoms with E-state index in [-0.39, 0.29) is 10.8 Å². The van der Waals surface area contributed by atoms with Crippen molar-refractivity contribution in [3.8, 4) is 5.75 Å². The first kappa shape index (κ1) is 18.5. The molecule has 0 saturated heterocycles. The number of anilines is 2. The molecule has 0 aromatic heterocycles. The normalized spacial score (nSPS) is 14.0. The molecule has 0 aliphatic carbocycles. The number of benzene rings is 3. The van der Waals surface area contributed by atoms with Crippen LogP contribution in [0.3, 0.4) is 0 Å². The van der Waals surface area contributed by atoms with Crippen molar-refractivity contribution >= 4 is 34.2 Å². The molecule has 4 rings (SSSR count). The number of aromatic hydroxyl groups is 1. The Morgan fingerprint density at radius 2 is 1.39 bits per heavy atom. The van der Waals surface area contributed by atoms with Crippen LogP contribution in [-0.4, -0.2) is 11.4 Å². The number of phenolic OH excluding ortho intramolecular Hbond substituents is 1. The highest BCUT2D eigenvalue weighted by Crippen LogP contribution is 2.45. The molecule has 3 aromatic rings. The van der Waals surface area contributed by atoms with Gasteiger partial charge in [0.2, 0.25) is 0 Å². The summed E-state index contributed by atoms with van der Waals surface area (Å²) in [4.78, 5) is 6.85. The zero-order chi connectivity index (χ0) is 20.3. The number of aliphatic imine (C=N–C) groups is 1.